The molecule has 3 heterocycles. The van der Waals surface area contributed by atoms with Gasteiger partial charge in [0.25, 0.3) is 5.56 Å². The molecule has 0 spiro atoms. The van der Waals surface area contributed by atoms with Gasteiger partial charge in [0.2, 0.25) is 0 Å². The Balaban J connectivity index is 1.61. The Labute approximate surface area is 190 Å². The fraction of sp³-hybridized carbons (Fsp3) is 0.200. The maximum absolute atomic E-state index is 13.4. The molecule has 0 bridgehead atoms. The van der Waals surface area contributed by atoms with Crippen molar-refractivity contribution in [1.29, 1.82) is 5.41 Å². The van der Waals surface area contributed by atoms with E-state index in [-0.39, 0.29) is 5.56 Å². The number of hydrogen-bond donors (Lipinski definition) is 1. The summed E-state index contributed by atoms with van der Waals surface area (Å²) in [6.07, 6.45) is 5.00. The minimum atomic E-state index is -0.189. The smallest absolute Gasteiger partial charge is 0.267 e. The Morgan fingerprint density at radius 2 is 1.69 bits per heavy atom. The second kappa shape index (κ2) is 8.55. The zero-order valence-corrected chi connectivity index (χ0v) is 18.2. The maximum atomic E-state index is 13.4. The Bertz CT molecular complexity index is 1340. The molecule has 0 saturated carbocycles. The van der Waals surface area contributed by atoms with Gasteiger partial charge in [0.1, 0.15) is 17.5 Å². The molecule has 0 atom stereocenters. The third-order valence-electron chi connectivity index (χ3n) is 5.81. The van der Waals surface area contributed by atoms with Crippen LogP contribution in [0.5, 0.6) is 0 Å². The molecular weight excluding hydrogens is 422 g/mol. The summed E-state index contributed by atoms with van der Waals surface area (Å²) >= 11 is 6.01. The van der Waals surface area contributed by atoms with E-state index in [1.165, 1.54) is 17.2 Å². The van der Waals surface area contributed by atoms with Crippen LogP contribution in [0.25, 0.3) is 28.1 Å². The Kier molecular flexibility index (Phi) is 5.45. The lowest BCUT2D eigenvalue weighted by Crippen LogP contribution is -2.35. The molecule has 6 nitrogen and oxygen atoms in total. The van der Waals surface area contributed by atoms with Gasteiger partial charge in [0, 0.05) is 30.4 Å². The zero-order chi connectivity index (χ0) is 22.1. The van der Waals surface area contributed by atoms with Crippen molar-refractivity contribution in [3.05, 3.63) is 87.8 Å². The van der Waals surface area contributed by atoms with E-state index in [1.807, 2.05) is 42.5 Å². The van der Waals surface area contributed by atoms with Crippen LogP contribution in [0.15, 0.2) is 71.7 Å². The average molecular weight is 444 g/mol. The minimum absolute atomic E-state index is 0.189. The first-order valence-corrected chi connectivity index (χ1v) is 11.1. The van der Waals surface area contributed by atoms with Crippen LogP contribution < -0.4 is 5.56 Å². The lowest BCUT2D eigenvalue weighted by atomic mass is 10.1. The van der Waals surface area contributed by atoms with Gasteiger partial charge in [-0.15, -0.1) is 0 Å². The number of aromatic nitrogens is 3. The van der Waals surface area contributed by atoms with E-state index >= 15 is 0 Å². The van der Waals surface area contributed by atoms with E-state index in [4.69, 9.17) is 22.0 Å². The fourth-order valence-electron chi connectivity index (χ4n) is 4.12. The lowest BCUT2D eigenvalue weighted by molar-refractivity contribution is 0.341. The first-order chi connectivity index (χ1) is 15.6. The van der Waals surface area contributed by atoms with Gasteiger partial charge in [-0.3, -0.25) is 10.2 Å². The van der Waals surface area contributed by atoms with Crippen molar-refractivity contribution in [2.24, 2.45) is 0 Å². The summed E-state index contributed by atoms with van der Waals surface area (Å²) < 4.78 is 1.52. The Morgan fingerprint density at radius 1 is 0.938 bits per heavy atom. The highest BCUT2D eigenvalue weighted by molar-refractivity contribution is 6.30. The highest BCUT2D eigenvalue weighted by Crippen LogP contribution is 2.23. The first-order valence-electron chi connectivity index (χ1n) is 10.7. The number of piperidine rings is 1. The van der Waals surface area contributed by atoms with Crippen LogP contribution in [-0.4, -0.2) is 38.4 Å². The van der Waals surface area contributed by atoms with Crippen molar-refractivity contribution >= 4 is 28.3 Å². The van der Waals surface area contributed by atoms with E-state index in [9.17, 15) is 4.79 Å². The number of hydrogen-bond acceptors (Lipinski definition) is 4. The summed E-state index contributed by atoms with van der Waals surface area (Å²) in [6.45, 7) is 1.85. The van der Waals surface area contributed by atoms with Gasteiger partial charge >= 0.3 is 0 Å². The molecule has 1 fully saturated rings. The summed E-state index contributed by atoms with van der Waals surface area (Å²) in [5.41, 5.74) is 2.07. The molecule has 1 aliphatic rings. The number of amidine groups is 1. The highest BCUT2D eigenvalue weighted by Gasteiger charge is 2.18. The molecule has 32 heavy (non-hydrogen) atoms. The van der Waals surface area contributed by atoms with Crippen LogP contribution in [0.3, 0.4) is 0 Å². The monoisotopic (exact) mass is 443 g/mol. The van der Waals surface area contributed by atoms with Crippen molar-refractivity contribution in [1.82, 2.24) is 19.4 Å². The van der Waals surface area contributed by atoms with Crippen molar-refractivity contribution in [3.8, 4) is 17.2 Å². The third-order valence-corrected chi connectivity index (χ3v) is 6.03. The van der Waals surface area contributed by atoms with Gasteiger partial charge < -0.3 is 4.90 Å². The van der Waals surface area contributed by atoms with Gasteiger partial charge in [0.05, 0.1) is 15.9 Å². The summed E-state index contributed by atoms with van der Waals surface area (Å²) in [7, 11) is 0. The van der Waals surface area contributed by atoms with Gasteiger partial charge in [-0.2, -0.15) is 0 Å². The second-order valence-electron chi connectivity index (χ2n) is 7.90. The molecule has 0 unspecified atom stereocenters. The van der Waals surface area contributed by atoms with Crippen molar-refractivity contribution in [3.63, 3.8) is 0 Å². The number of likely N-dealkylation sites (tertiary alicyclic amines) is 1. The van der Waals surface area contributed by atoms with E-state index in [2.05, 4.69) is 9.88 Å². The van der Waals surface area contributed by atoms with Crippen LogP contribution in [-0.2, 0) is 0 Å². The molecule has 0 radical (unpaired) electrons. The zero-order valence-electron chi connectivity index (χ0n) is 17.5. The maximum Gasteiger partial charge on any atom is 0.267 e. The number of para-hydroxylation sites is 1. The van der Waals surface area contributed by atoms with Crippen LogP contribution in [0.4, 0.5) is 0 Å². The SMILES string of the molecule is N=C(c1ccc(-c2nc3ccccc3c(=O)n2-c2ccc(Cl)cn2)cc1)N1CCCCC1. The van der Waals surface area contributed by atoms with Crippen LogP contribution >= 0.6 is 11.6 Å². The topological polar surface area (TPSA) is 74.9 Å². The lowest BCUT2D eigenvalue weighted by Gasteiger charge is -2.29. The minimum Gasteiger partial charge on any atom is -0.357 e. The number of pyridine rings is 1. The summed E-state index contributed by atoms with van der Waals surface area (Å²) in [5.74, 6) is 1.50. The molecule has 2 aromatic carbocycles. The van der Waals surface area contributed by atoms with Gasteiger partial charge in [-0.05, 0) is 43.5 Å². The molecule has 1 aliphatic heterocycles. The van der Waals surface area contributed by atoms with E-state index in [0.717, 1.165) is 37.1 Å². The Hall–Kier alpha value is -3.51. The number of benzene rings is 2. The predicted molar refractivity (Wildman–Crippen MR) is 128 cm³/mol. The molecule has 0 amide bonds. The number of rotatable bonds is 3. The molecule has 5 rings (SSSR count). The van der Waals surface area contributed by atoms with E-state index in [1.54, 1.807) is 18.2 Å². The van der Waals surface area contributed by atoms with Crippen molar-refractivity contribution < 1.29 is 0 Å². The van der Waals surface area contributed by atoms with Crippen molar-refractivity contribution in [2.75, 3.05) is 13.1 Å². The molecule has 2 aromatic heterocycles. The largest absolute Gasteiger partial charge is 0.357 e. The second-order valence-corrected chi connectivity index (χ2v) is 8.34. The molecule has 160 valence electrons. The van der Waals surface area contributed by atoms with Crippen LogP contribution in [0.2, 0.25) is 5.02 Å². The van der Waals surface area contributed by atoms with Gasteiger partial charge in [-0.25, -0.2) is 14.5 Å². The summed E-state index contributed by atoms with van der Waals surface area (Å²) in [6, 6.07) is 18.4. The molecule has 7 heteroatoms. The molecule has 1 saturated heterocycles. The van der Waals surface area contributed by atoms with Crippen LogP contribution in [0, 0.1) is 5.41 Å². The average Bonchev–Trinajstić information content (AvgIpc) is 2.85. The predicted octanol–water partition coefficient (Wildman–Crippen LogP) is 4.91. The van der Waals surface area contributed by atoms with Gasteiger partial charge in [-0.1, -0.05) is 48.0 Å². The van der Waals surface area contributed by atoms with Crippen LogP contribution in [0.1, 0.15) is 24.8 Å². The Morgan fingerprint density at radius 3 is 2.41 bits per heavy atom. The van der Waals surface area contributed by atoms with Gasteiger partial charge in [0.15, 0.2) is 0 Å². The number of halogens is 1. The fourth-order valence-corrected chi connectivity index (χ4v) is 4.23. The summed E-state index contributed by atoms with van der Waals surface area (Å²) in [5, 5.41) is 9.59. The third kappa shape index (κ3) is 3.78. The van der Waals surface area contributed by atoms with E-state index in [0.29, 0.717) is 33.4 Å². The molecule has 1 N–H and O–H groups in total. The van der Waals surface area contributed by atoms with E-state index < -0.39 is 0 Å². The van der Waals surface area contributed by atoms with Crippen molar-refractivity contribution in [2.45, 2.75) is 19.3 Å². The molecular formula is C25H22ClN5O. The number of fused-ring (bicyclic) bond motifs is 1. The standard InChI is InChI=1S/C25H22ClN5O/c26-19-12-13-22(28-16-19)31-24(29-21-7-3-2-6-20(21)25(31)32)18-10-8-17(9-11-18)23(27)30-14-4-1-5-15-30/h2-3,6-13,16,27H,1,4-5,14-15H2. The number of nitrogens with zero attached hydrogens (tertiary/aromatic N) is 4. The highest BCUT2D eigenvalue weighted by atomic mass is 35.5. The first kappa shape index (κ1) is 20.4. The number of nitrogens with one attached hydrogen (secondary N) is 1. The molecule has 0 aliphatic carbocycles. The summed E-state index contributed by atoms with van der Waals surface area (Å²) in [4.78, 5) is 24.7. The quantitative estimate of drug-likeness (QED) is 0.360. The molecule has 4 aromatic rings. The normalized spacial score (nSPS) is 14.0.